The first kappa shape index (κ1) is 9.37. The molecule has 0 spiro atoms. The Hall–Kier alpha value is -1.19. The summed E-state index contributed by atoms with van der Waals surface area (Å²) in [6.45, 7) is 0. The van der Waals surface area contributed by atoms with Crippen molar-refractivity contribution < 1.29 is 10.2 Å². The normalized spacial score (nSPS) is 10.4. The molecule has 0 aliphatic rings. The van der Waals surface area contributed by atoms with Gasteiger partial charge in [-0.25, -0.2) is 0 Å². The van der Waals surface area contributed by atoms with Crippen LogP contribution in [0.3, 0.4) is 0 Å². The van der Waals surface area contributed by atoms with Crippen molar-refractivity contribution in [2.24, 2.45) is 0 Å². The SMILES string of the molecule is Oc1cc(O)c(-c2cccs2)cc1Cl. The lowest BCUT2D eigenvalue weighted by molar-refractivity contribution is 0.452. The van der Waals surface area contributed by atoms with E-state index < -0.39 is 0 Å². The molecule has 0 amide bonds. The Morgan fingerprint density at radius 2 is 1.93 bits per heavy atom. The first-order chi connectivity index (χ1) is 6.68. The zero-order chi connectivity index (χ0) is 10.1. The van der Waals surface area contributed by atoms with Gasteiger partial charge in [0.05, 0.1) is 5.02 Å². The summed E-state index contributed by atoms with van der Waals surface area (Å²) >= 11 is 7.25. The number of phenols is 2. The van der Waals surface area contributed by atoms with Gasteiger partial charge in [-0.2, -0.15) is 0 Å². The molecule has 0 saturated heterocycles. The lowest BCUT2D eigenvalue weighted by Gasteiger charge is -2.04. The second-order valence-electron chi connectivity index (χ2n) is 2.80. The summed E-state index contributed by atoms with van der Waals surface area (Å²) in [6.07, 6.45) is 0. The molecule has 0 atom stereocenters. The number of aromatic hydroxyl groups is 2. The van der Waals surface area contributed by atoms with E-state index >= 15 is 0 Å². The largest absolute Gasteiger partial charge is 0.507 e. The molecular formula is C10H7ClO2S. The highest BCUT2D eigenvalue weighted by atomic mass is 35.5. The molecule has 0 saturated carbocycles. The van der Waals surface area contributed by atoms with Crippen molar-refractivity contribution in [3.05, 3.63) is 34.7 Å². The van der Waals surface area contributed by atoms with E-state index in [4.69, 9.17) is 11.6 Å². The monoisotopic (exact) mass is 226 g/mol. The van der Waals surface area contributed by atoms with Crippen LogP contribution >= 0.6 is 22.9 Å². The van der Waals surface area contributed by atoms with Crippen molar-refractivity contribution >= 4 is 22.9 Å². The van der Waals surface area contributed by atoms with Crippen LogP contribution in [0.2, 0.25) is 5.02 Å². The van der Waals surface area contributed by atoms with E-state index in [-0.39, 0.29) is 16.5 Å². The van der Waals surface area contributed by atoms with Crippen molar-refractivity contribution in [3.8, 4) is 21.9 Å². The van der Waals surface area contributed by atoms with Crippen LogP contribution in [0, 0.1) is 0 Å². The second kappa shape index (κ2) is 3.52. The number of phenolic OH excluding ortho intramolecular Hbond substituents is 2. The Morgan fingerprint density at radius 3 is 2.57 bits per heavy atom. The summed E-state index contributed by atoms with van der Waals surface area (Å²) in [6, 6.07) is 6.57. The predicted octanol–water partition coefficient (Wildman–Crippen LogP) is 3.48. The van der Waals surface area contributed by atoms with Crippen molar-refractivity contribution in [1.82, 2.24) is 0 Å². The zero-order valence-corrected chi connectivity index (χ0v) is 8.64. The minimum atomic E-state index is -0.107. The second-order valence-corrected chi connectivity index (χ2v) is 4.15. The van der Waals surface area contributed by atoms with Gasteiger partial charge in [-0.05, 0) is 17.5 Å². The smallest absolute Gasteiger partial charge is 0.137 e. The van der Waals surface area contributed by atoms with E-state index in [0.29, 0.717) is 5.56 Å². The van der Waals surface area contributed by atoms with Crippen molar-refractivity contribution in [2.75, 3.05) is 0 Å². The predicted molar refractivity (Wildman–Crippen MR) is 58.1 cm³/mol. The van der Waals surface area contributed by atoms with Crippen molar-refractivity contribution in [2.45, 2.75) is 0 Å². The Morgan fingerprint density at radius 1 is 1.14 bits per heavy atom. The average molecular weight is 227 g/mol. The number of thiophene rings is 1. The molecule has 2 nitrogen and oxygen atoms in total. The minimum absolute atomic E-state index is 0.0364. The molecule has 2 N–H and O–H groups in total. The van der Waals surface area contributed by atoms with Crippen LogP contribution in [0.25, 0.3) is 10.4 Å². The number of rotatable bonds is 1. The Labute approximate surface area is 90.0 Å². The molecule has 14 heavy (non-hydrogen) atoms. The van der Waals surface area contributed by atoms with E-state index in [1.165, 1.54) is 17.4 Å². The van der Waals surface area contributed by atoms with Gasteiger partial charge in [0.15, 0.2) is 0 Å². The molecule has 1 aromatic heterocycles. The van der Waals surface area contributed by atoms with Gasteiger partial charge >= 0.3 is 0 Å². The topological polar surface area (TPSA) is 40.5 Å². The van der Waals surface area contributed by atoms with Crippen LogP contribution in [-0.4, -0.2) is 10.2 Å². The number of halogens is 1. The standard InChI is InChI=1S/C10H7ClO2S/c11-7-4-6(8(12)5-9(7)13)10-2-1-3-14-10/h1-5,12-13H. The maximum Gasteiger partial charge on any atom is 0.137 e. The van der Waals surface area contributed by atoms with E-state index in [1.807, 2.05) is 17.5 Å². The molecule has 1 aromatic carbocycles. The summed E-state index contributed by atoms with van der Waals surface area (Å²) in [5.74, 6) is -0.0705. The molecule has 0 aliphatic heterocycles. The van der Waals surface area contributed by atoms with Crippen molar-refractivity contribution in [3.63, 3.8) is 0 Å². The lowest BCUT2D eigenvalue weighted by Crippen LogP contribution is -1.76. The highest BCUT2D eigenvalue weighted by Gasteiger charge is 2.09. The van der Waals surface area contributed by atoms with E-state index in [0.717, 1.165) is 4.88 Å². The van der Waals surface area contributed by atoms with Gasteiger partial charge in [0, 0.05) is 16.5 Å². The van der Waals surface area contributed by atoms with Crippen LogP contribution in [0.4, 0.5) is 0 Å². The molecule has 0 bridgehead atoms. The fourth-order valence-electron chi connectivity index (χ4n) is 1.18. The van der Waals surface area contributed by atoms with Crippen molar-refractivity contribution in [1.29, 1.82) is 0 Å². The third-order valence-corrected chi connectivity index (χ3v) is 3.06. The molecule has 2 aromatic rings. The molecule has 2 rings (SSSR count). The number of hydrogen-bond acceptors (Lipinski definition) is 3. The average Bonchev–Trinajstić information content (AvgIpc) is 2.64. The highest BCUT2D eigenvalue weighted by molar-refractivity contribution is 7.13. The lowest BCUT2D eigenvalue weighted by atomic mass is 10.1. The highest BCUT2D eigenvalue weighted by Crippen LogP contribution is 2.38. The van der Waals surface area contributed by atoms with Crippen LogP contribution in [0.1, 0.15) is 0 Å². The van der Waals surface area contributed by atoms with Gasteiger partial charge in [-0.3, -0.25) is 0 Å². The maximum atomic E-state index is 9.58. The van der Waals surface area contributed by atoms with E-state index in [9.17, 15) is 10.2 Å². The van der Waals surface area contributed by atoms with Gasteiger partial charge in [0.1, 0.15) is 11.5 Å². The van der Waals surface area contributed by atoms with Crippen LogP contribution in [0.15, 0.2) is 29.6 Å². The summed E-state index contributed by atoms with van der Waals surface area (Å²) < 4.78 is 0. The molecule has 72 valence electrons. The van der Waals surface area contributed by atoms with Gasteiger partial charge in [-0.1, -0.05) is 17.7 Å². The van der Waals surface area contributed by atoms with Crippen LogP contribution in [0.5, 0.6) is 11.5 Å². The first-order valence-electron chi connectivity index (χ1n) is 3.94. The summed E-state index contributed by atoms with van der Waals surface area (Å²) in [4.78, 5) is 0.921. The molecule has 1 heterocycles. The molecule has 0 radical (unpaired) electrons. The molecule has 0 unspecified atom stereocenters. The molecule has 4 heteroatoms. The molecule has 0 fully saturated rings. The van der Waals surface area contributed by atoms with E-state index in [2.05, 4.69) is 0 Å². The fraction of sp³-hybridized carbons (Fsp3) is 0. The first-order valence-corrected chi connectivity index (χ1v) is 5.19. The molecular weight excluding hydrogens is 220 g/mol. The Balaban J connectivity index is 2.60. The number of hydrogen-bond donors (Lipinski definition) is 2. The minimum Gasteiger partial charge on any atom is -0.507 e. The number of benzene rings is 1. The van der Waals surface area contributed by atoms with Gasteiger partial charge in [0.25, 0.3) is 0 Å². The Kier molecular flexibility index (Phi) is 2.35. The quantitative estimate of drug-likeness (QED) is 0.782. The zero-order valence-electron chi connectivity index (χ0n) is 7.07. The molecule has 0 aliphatic carbocycles. The summed E-state index contributed by atoms with van der Waals surface area (Å²) in [5, 5.41) is 21.0. The summed E-state index contributed by atoms with van der Waals surface area (Å²) in [7, 11) is 0. The van der Waals surface area contributed by atoms with Gasteiger partial charge in [-0.15, -0.1) is 11.3 Å². The van der Waals surface area contributed by atoms with Gasteiger partial charge in [0.2, 0.25) is 0 Å². The van der Waals surface area contributed by atoms with Crippen LogP contribution < -0.4 is 0 Å². The third-order valence-electron chi connectivity index (χ3n) is 1.85. The Bertz CT molecular complexity index is 451. The maximum absolute atomic E-state index is 9.58. The van der Waals surface area contributed by atoms with Gasteiger partial charge < -0.3 is 10.2 Å². The summed E-state index contributed by atoms with van der Waals surface area (Å²) in [5.41, 5.74) is 0.641. The third kappa shape index (κ3) is 1.56. The van der Waals surface area contributed by atoms with Crippen LogP contribution in [-0.2, 0) is 0 Å². The van der Waals surface area contributed by atoms with E-state index in [1.54, 1.807) is 6.07 Å². The fourth-order valence-corrected chi connectivity index (χ4v) is 2.09.